The second-order valence-electron chi connectivity index (χ2n) is 4.13. The number of benzene rings is 1. The molecule has 0 nitrogen and oxygen atoms in total. The highest BCUT2D eigenvalue weighted by molar-refractivity contribution is 5.27. The highest BCUT2D eigenvalue weighted by atomic mass is 14.3. The first kappa shape index (κ1) is 13.2. The average molecular weight is 192 g/mol. The summed E-state index contributed by atoms with van der Waals surface area (Å²) < 4.78 is 0. The van der Waals surface area contributed by atoms with Gasteiger partial charge in [0, 0.05) is 0 Å². The number of aryl methyl sites for hydroxylation is 1. The van der Waals surface area contributed by atoms with Crippen molar-refractivity contribution in [1.29, 1.82) is 0 Å². The molecule has 0 aliphatic carbocycles. The Balaban J connectivity index is 0.00000169. The van der Waals surface area contributed by atoms with E-state index in [1.165, 1.54) is 24.0 Å². The molecular weight excluding hydrogens is 168 g/mol. The molecule has 80 valence electrons. The van der Waals surface area contributed by atoms with Crippen LogP contribution in [0, 0.1) is 6.92 Å². The van der Waals surface area contributed by atoms with E-state index < -0.39 is 0 Å². The Hall–Kier alpha value is -0.780. The topological polar surface area (TPSA) is 0 Å². The van der Waals surface area contributed by atoms with Crippen LogP contribution < -0.4 is 0 Å². The molecule has 0 bridgehead atoms. The fourth-order valence-corrected chi connectivity index (χ4v) is 1.61. The Morgan fingerprint density at radius 3 is 1.79 bits per heavy atom. The van der Waals surface area contributed by atoms with Gasteiger partial charge in [-0.2, -0.15) is 0 Å². The van der Waals surface area contributed by atoms with Gasteiger partial charge in [0.05, 0.1) is 0 Å². The largest absolute Gasteiger partial charge is 0.0776 e. The van der Waals surface area contributed by atoms with E-state index in [1.807, 2.05) is 0 Å². The first-order valence-electron chi connectivity index (χ1n) is 5.19. The van der Waals surface area contributed by atoms with Crippen molar-refractivity contribution in [2.75, 3.05) is 0 Å². The van der Waals surface area contributed by atoms with Gasteiger partial charge in [0.15, 0.2) is 0 Å². The van der Waals surface area contributed by atoms with E-state index >= 15 is 0 Å². The molecule has 0 aromatic heterocycles. The van der Waals surface area contributed by atoms with E-state index in [0.29, 0.717) is 5.41 Å². The van der Waals surface area contributed by atoms with Crippen LogP contribution in [-0.2, 0) is 5.41 Å². The predicted octanol–water partition coefficient (Wildman–Crippen LogP) is 4.71. The molecule has 0 heterocycles. The Labute approximate surface area is 89.4 Å². The molecule has 1 rings (SSSR count). The summed E-state index contributed by atoms with van der Waals surface area (Å²) in [7, 11) is 0. The van der Waals surface area contributed by atoms with Crippen molar-refractivity contribution < 1.29 is 0 Å². The Bertz CT molecular complexity index is 252. The van der Waals surface area contributed by atoms with Gasteiger partial charge in [-0.15, -0.1) is 0 Å². The third-order valence-electron chi connectivity index (χ3n) is 3.31. The maximum Gasteiger partial charge on any atom is -0.00805 e. The zero-order chi connectivity index (χ0) is 9.90. The maximum absolute atomic E-state index is 2.34. The fraction of sp³-hybridized carbons (Fsp3) is 0.571. The molecule has 0 fully saturated rings. The standard InChI is InChI=1S/C13H20.CH4/c1-5-13(4,6-2)12-9-7-11(3)8-10-12;/h7-10H,5-6H2,1-4H3;1H4. The molecule has 0 atom stereocenters. The second-order valence-corrected chi connectivity index (χ2v) is 4.13. The van der Waals surface area contributed by atoms with Crippen molar-refractivity contribution in [3.63, 3.8) is 0 Å². The molecule has 14 heavy (non-hydrogen) atoms. The minimum Gasteiger partial charge on any atom is -0.0776 e. The summed E-state index contributed by atoms with van der Waals surface area (Å²) >= 11 is 0. The van der Waals surface area contributed by atoms with Crippen molar-refractivity contribution >= 4 is 0 Å². The van der Waals surface area contributed by atoms with Crippen LogP contribution >= 0.6 is 0 Å². The van der Waals surface area contributed by atoms with Crippen LogP contribution in [0.2, 0.25) is 0 Å². The zero-order valence-electron chi connectivity index (χ0n) is 9.22. The van der Waals surface area contributed by atoms with Crippen LogP contribution in [-0.4, -0.2) is 0 Å². The van der Waals surface area contributed by atoms with Crippen molar-refractivity contribution in [3.05, 3.63) is 35.4 Å². The van der Waals surface area contributed by atoms with E-state index in [4.69, 9.17) is 0 Å². The number of hydrogen-bond acceptors (Lipinski definition) is 0. The molecule has 0 radical (unpaired) electrons. The van der Waals surface area contributed by atoms with Gasteiger partial charge in [0.2, 0.25) is 0 Å². The van der Waals surface area contributed by atoms with Crippen LogP contribution in [0.1, 0.15) is 52.2 Å². The van der Waals surface area contributed by atoms with E-state index in [1.54, 1.807) is 0 Å². The van der Waals surface area contributed by atoms with Gasteiger partial charge in [-0.05, 0) is 30.7 Å². The third kappa shape index (κ3) is 2.60. The fourth-order valence-electron chi connectivity index (χ4n) is 1.61. The highest BCUT2D eigenvalue weighted by Gasteiger charge is 2.21. The van der Waals surface area contributed by atoms with Crippen LogP contribution in [0.4, 0.5) is 0 Å². The molecule has 0 amide bonds. The Morgan fingerprint density at radius 1 is 1.00 bits per heavy atom. The summed E-state index contributed by atoms with van der Waals surface area (Å²) in [6, 6.07) is 8.95. The average Bonchev–Trinajstić information content (AvgIpc) is 2.18. The van der Waals surface area contributed by atoms with E-state index in [2.05, 4.69) is 52.0 Å². The van der Waals surface area contributed by atoms with Gasteiger partial charge in [0.25, 0.3) is 0 Å². The summed E-state index contributed by atoms with van der Waals surface area (Å²) in [6.45, 7) is 9.02. The first-order valence-corrected chi connectivity index (χ1v) is 5.19. The number of rotatable bonds is 3. The molecule has 0 aliphatic rings. The zero-order valence-corrected chi connectivity index (χ0v) is 9.22. The normalized spacial score (nSPS) is 10.9. The van der Waals surface area contributed by atoms with Gasteiger partial charge in [0.1, 0.15) is 0 Å². The molecule has 0 aliphatic heterocycles. The minimum atomic E-state index is 0. The van der Waals surface area contributed by atoms with E-state index in [0.717, 1.165) is 0 Å². The lowest BCUT2D eigenvalue weighted by Crippen LogP contribution is -2.19. The molecule has 0 saturated carbocycles. The molecule has 0 heteroatoms. The van der Waals surface area contributed by atoms with Crippen LogP contribution in [0.25, 0.3) is 0 Å². The molecular formula is C14H24. The minimum absolute atomic E-state index is 0. The van der Waals surface area contributed by atoms with Crippen molar-refractivity contribution in [3.8, 4) is 0 Å². The second kappa shape index (κ2) is 5.19. The maximum atomic E-state index is 2.34. The lowest BCUT2D eigenvalue weighted by Gasteiger charge is -2.27. The van der Waals surface area contributed by atoms with Gasteiger partial charge in [-0.1, -0.05) is 58.0 Å². The lowest BCUT2D eigenvalue weighted by atomic mass is 9.78. The molecule has 0 unspecified atom stereocenters. The van der Waals surface area contributed by atoms with Crippen molar-refractivity contribution in [1.82, 2.24) is 0 Å². The molecule has 0 spiro atoms. The van der Waals surface area contributed by atoms with Gasteiger partial charge in [-0.25, -0.2) is 0 Å². The van der Waals surface area contributed by atoms with E-state index in [-0.39, 0.29) is 7.43 Å². The smallest absolute Gasteiger partial charge is 0.00805 e. The SMILES string of the molecule is C.CCC(C)(CC)c1ccc(C)cc1. The molecule has 0 saturated heterocycles. The summed E-state index contributed by atoms with van der Waals surface area (Å²) in [6.07, 6.45) is 2.43. The quantitative estimate of drug-likeness (QED) is 0.650. The summed E-state index contributed by atoms with van der Waals surface area (Å²) in [4.78, 5) is 0. The Kier molecular flexibility index (Phi) is 4.90. The summed E-state index contributed by atoms with van der Waals surface area (Å²) in [5, 5.41) is 0. The monoisotopic (exact) mass is 192 g/mol. The first-order chi connectivity index (χ1) is 6.12. The van der Waals surface area contributed by atoms with E-state index in [9.17, 15) is 0 Å². The molecule has 0 N–H and O–H groups in total. The summed E-state index contributed by atoms with van der Waals surface area (Å²) in [5.74, 6) is 0. The van der Waals surface area contributed by atoms with Crippen LogP contribution in [0.5, 0.6) is 0 Å². The molecule has 1 aromatic rings. The van der Waals surface area contributed by atoms with Crippen LogP contribution in [0.15, 0.2) is 24.3 Å². The Morgan fingerprint density at radius 2 is 1.43 bits per heavy atom. The third-order valence-corrected chi connectivity index (χ3v) is 3.31. The van der Waals surface area contributed by atoms with Gasteiger partial charge < -0.3 is 0 Å². The predicted molar refractivity (Wildman–Crippen MR) is 65.8 cm³/mol. The number of hydrogen-bond donors (Lipinski definition) is 0. The highest BCUT2D eigenvalue weighted by Crippen LogP contribution is 2.30. The van der Waals surface area contributed by atoms with Crippen molar-refractivity contribution in [2.24, 2.45) is 0 Å². The lowest BCUT2D eigenvalue weighted by molar-refractivity contribution is 0.439. The summed E-state index contributed by atoms with van der Waals surface area (Å²) in [5.41, 5.74) is 3.19. The van der Waals surface area contributed by atoms with Gasteiger partial charge >= 0.3 is 0 Å². The van der Waals surface area contributed by atoms with Gasteiger partial charge in [-0.3, -0.25) is 0 Å². The van der Waals surface area contributed by atoms with Crippen molar-refractivity contribution in [2.45, 2.75) is 53.4 Å². The van der Waals surface area contributed by atoms with Crippen LogP contribution in [0.3, 0.4) is 0 Å². The molecule has 1 aromatic carbocycles.